The number of amides is 1. The van der Waals surface area contributed by atoms with Crippen LogP contribution in [0.15, 0.2) is 12.1 Å². The topological polar surface area (TPSA) is 50.8 Å². The summed E-state index contributed by atoms with van der Waals surface area (Å²) in [5.41, 5.74) is 0.561. The minimum Gasteiger partial charge on any atom is -0.493 e. The molecule has 25 heavy (non-hydrogen) atoms. The maximum Gasteiger partial charge on any atom is 0.254 e. The molecule has 1 N–H and O–H groups in total. The zero-order valence-corrected chi connectivity index (χ0v) is 16.3. The number of fused-ring (bicyclic) bond motifs is 1. The van der Waals surface area contributed by atoms with Gasteiger partial charge in [0.1, 0.15) is 0 Å². The Morgan fingerprint density at radius 1 is 1.28 bits per heavy atom. The summed E-state index contributed by atoms with van der Waals surface area (Å²) in [5, 5.41) is 3.87. The van der Waals surface area contributed by atoms with Gasteiger partial charge in [0.15, 0.2) is 11.5 Å². The average molecular weight is 389 g/mol. The zero-order valence-electron chi connectivity index (χ0n) is 14.7. The number of likely N-dealkylation sites (tertiary alicyclic amines) is 1. The summed E-state index contributed by atoms with van der Waals surface area (Å²) in [4.78, 5) is 14.9. The van der Waals surface area contributed by atoms with Gasteiger partial charge >= 0.3 is 0 Å². The number of carbonyl (C=O) groups excluding carboxylic acids is 1. The van der Waals surface area contributed by atoms with E-state index in [-0.39, 0.29) is 18.3 Å². The highest BCUT2D eigenvalue weighted by molar-refractivity contribution is 6.32. The number of methoxy groups -OCH3 is 1. The van der Waals surface area contributed by atoms with Crippen LogP contribution in [0, 0.1) is 11.8 Å². The van der Waals surface area contributed by atoms with Crippen LogP contribution in [0.1, 0.15) is 30.1 Å². The molecule has 2 aliphatic rings. The highest BCUT2D eigenvalue weighted by atomic mass is 35.5. The smallest absolute Gasteiger partial charge is 0.254 e. The summed E-state index contributed by atoms with van der Waals surface area (Å²) in [5.74, 6) is 2.41. The van der Waals surface area contributed by atoms with Crippen LogP contribution < -0.4 is 14.8 Å². The van der Waals surface area contributed by atoms with Gasteiger partial charge in [-0.15, -0.1) is 12.4 Å². The third kappa shape index (κ3) is 4.33. The molecule has 0 saturated carbocycles. The molecule has 2 fully saturated rings. The molecule has 0 unspecified atom stereocenters. The van der Waals surface area contributed by atoms with Gasteiger partial charge < -0.3 is 19.7 Å². The van der Waals surface area contributed by atoms with Crippen molar-refractivity contribution >= 4 is 29.9 Å². The van der Waals surface area contributed by atoms with Gasteiger partial charge in [-0.05, 0) is 56.8 Å². The largest absolute Gasteiger partial charge is 0.493 e. The third-order valence-corrected chi connectivity index (χ3v) is 5.35. The van der Waals surface area contributed by atoms with Crippen molar-refractivity contribution in [2.75, 3.05) is 39.9 Å². The Morgan fingerprint density at radius 3 is 2.48 bits per heavy atom. The molecule has 0 aliphatic carbocycles. The van der Waals surface area contributed by atoms with Crippen LogP contribution in [0.5, 0.6) is 11.5 Å². The van der Waals surface area contributed by atoms with E-state index in [4.69, 9.17) is 21.1 Å². The monoisotopic (exact) mass is 388 g/mol. The highest BCUT2D eigenvalue weighted by Gasteiger charge is 2.32. The minimum absolute atomic E-state index is 0. The Hall–Kier alpha value is -1.17. The van der Waals surface area contributed by atoms with Crippen molar-refractivity contribution in [1.82, 2.24) is 10.2 Å². The molecule has 2 aliphatic heterocycles. The number of nitrogens with zero attached hydrogens (tertiary/aromatic N) is 1. The molecular weight excluding hydrogens is 363 g/mol. The average Bonchev–Trinajstić information content (AvgIpc) is 2.94. The first kappa shape index (κ1) is 20.1. The lowest BCUT2D eigenvalue weighted by Gasteiger charge is -2.22. The van der Waals surface area contributed by atoms with Crippen molar-refractivity contribution in [3.05, 3.63) is 22.7 Å². The summed E-state index contributed by atoms with van der Waals surface area (Å²) >= 11 is 6.30. The molecule has 0 spiro atoms. The molecule has 5 nitrogen and oxygen atoms in total. The molecule has 0 bridgehead atoms. The molecule has 0 radical (unpaired) electrons. The molecule has 0 aromatic heterocycles. The second-order valence-electron chi connectivity index (χ2n) is 6.47. The fourth-order valence-electron chi connectivity index (χ4n) is 3.73. The van der Waals surface area contributed by atoms with Crippen molar-refractivity contribution in [3.8, 4) is 11.5 Å². The van der Waals surface area contributed by atoms with Gasteiger partial charge in [0.05, 0.1) is 18.7 Å². The summed E-state index contributed by atoms with van der Waals surface area (Å²) in [6.45, 7) is 6.14. The van der Waals surface area contributed by atoms with Crippen molar-refractivity contribution in [2.45, 2.75) is 19.8 Å². The van der Waals surface area contributed by atoms with Crippen LogP contribution in [-0.4, -0.2) is 50.7 Å². The van der Waals surface area contributed by atoms with E-state index in [0.29, 0.717) is 40.5 Å². The second-order valence-corrected chi connectivity index (χ2v) is 6.88. The standard InChI is InChI=1S/C18H25ClN2O3.ClH/c1-3-24-17-15(19)8-14(9-16(17)23-2)18(22)21-6-4-12-10-20-11-13(12)5-7-21;/h8-9,12-13,20H,3-7,10-11H2,1-2H3;1H/t12-,13+;. The summed E-state index contributed by atoms with van der Waals surface area (Å²) in [6.07, 6.45) is 2.12. The van der Waals surface area contributed by atoms with Crippen LogP contribution in [0.3, 0.4) is 0 Å². The van der Waals surface area contributed by atoms with Gasteiger partial charge in [-0.3, -0.25) is 4.79 Å². The number of benzene rings is 1. The number of rotatable bonds is 4. The van der Waals surface area contributed by atoms with E-state index in [1.165, 1.54) is 0 Å². The van der Waals surface area contributed by atoms with E-state index in [0.717, 1.165) is 39.0 Å². The predicted molar refractivity (Wildman–Crippen MR) is 101 cm³/mol. The molecule has 2 heterocycles. The fraction of sp³-hybridized carbons (Fsp3) is 0.611. The van der Waals surface area contributed by atoms with Crippen LogP contribution in [0.2, 0.25) is 5.02 Å². The number of carbonyl (C=O) groups is 1. The first-order chi connectivity index (χ1) is 11.6. The molecule has 2 atom stereocenters. The maximum absolute atomic E-state index is 12.9. The summed E-state index contributed by atoms with van der Waals surface area (Å²) in [6, 6.07) is 3.41. The SMILES string of the molecule is CCOc1c(Cl)cc(C(=O)N2CC[C@@H]3CNC[C@@H]3CC2)cc1OC.Cl. The molecule has 7 heteroatoms. The van der Waals surface area contributed by atoms with E-state index in [9.17, 15) is 4.79 Å². The number of hydrogen-bond acceptors (Lipinski definition) is 4. The van der Waals surface area contributed by atoms with Gasteiger partial charge in [-0.2, -0.15) is 0 Å². The molecule has 2 saturated heterocycles. The minimum atomic E-state index is 0. The highest BCUT2D eigenvalue weighted by Crippen LogP contribution is 2.37. The number of hydrogen-bond donors (Lipinski definition) is 1. The van der Waals surface area contributed by atoms with Crippen LogP contribution >= 0.6 is 24.0 Å². The van der Waals surface area contributed by atoms with E-state index in [1.54, 1.807) is 19.2 Å². The Balaban J connectivity index is 0.00000225. The second kappa shape index (κ2) is 8.97. The van der Waals surface area contributed by atoms with Crippen LogP contribution in [0.25, 0.3) is 0 Å². The molecule has 3 rings (SSSR count). The van der Waals surface area contributed by atoms with Crippen molar-refractivity contribution in [2.24, 2.45) is 11.8 Å². The first-order valence-corrected chi connectivity index (χ1v) is 9.02. The number of halogens is 2. The summed E-state index contributed by atoms with van der Waals surface area (Å²) < 4.78 is 10.9. The van der Waals surface area contributed by atoms with Crippen LogP contribution in [0.4, 0.5) is 0 Å². The lowest BCUT2D eigenvalue weighted by atomic mass is 9.92. The van der Waals surface area contributed by atoms with Gasteiger partial charge in [-0.25, -0.2) is 0 Å². The Morgan fingerprint density at radius 2 is 1.92 bits per heavy atom. The van der Waals surface area contributed by atoms with Gasteiger partial charge in [-0.1, -0.05) is 11.6 Å². The van der Waals surface area contributed by atoms with Gasteiger partial charge in [0.2, 0.25) is 0 Å². The normalized spacial score (nSPS) is 22.6. The van der Waals surface area contributed by atoms with E-state index < -0.39 is 0 Å². The van der Waals surface area contributed by atoms with E-state index in [1.807, 2.05) is 11.8 Å². The molecule has 1 amide bonds. The zero-order chi connectivity index (χ0) is 17.1. The maximum atomic E-state index is 12.9. The van der Waals surface area contributed by atoms with Crippen molar-refractivity contribution < 1.29 is 14.3 Å². The quantitative estimate of drug-likeness (QED) is 0.859. The van der Waals surface area contributed by atoms with Gasteiger partial charge in [0.25, 0.3) is 5.91 Å². The molecule has 1 aromatic rings. The number of ether oxygens (including phenoxy) is 2. The molecule has 140 valence electrons. The Kier molecular flexibility index (Phi) is 7.23. The molecular formula is C18H26Cl2N2O3. The predicted octanol–water partition coefficient (Wildman–Crippen LogP) is 3.24. The van der Waals surface area contributed by atoms with E-state index in [2.05, 4.69) is 5.32 Å². The van der Waals surface area contributed by atoms with Gasteiger partial charge in [0, 0.05) is 18.7 Å². The summed E-state index contributed by atoms with van der Waals surface area (Å²) in [7, 11) is 1.56. The van der Waals surface area contributed by atoms with Crippen LogP contribution in [-0.2, 0) is 0 Å². The Bertz CT molecular complexity index is 598. The fourth-order valence-corrected chi connectivity index (χ4v) is 4.00. The molecule has 1 aromatic carbocycles. The lowest BCUT2D eigenvalue weighted by Crippen LogP contribution is -2.32. The van der Waals surface area contributed by atoms with Crippen molar-refractivity contribution in [1.29, 1.82) is 0 Å². The lowest BCUT2D eigenvalue weighted by molar-refractivity contribution is 0.0758. The number of nitrogens with one attached hydrogen (secondary N) is 1. The Labute approximate surface area is 160 Å². The van der Waals surface area contributed by atoms with Crippen molar-refractivity contribution in [3.63, 3.8) is 0 Å². The first-order valence-electron chi connectivity index (χ1n) is 8.64. The van der Waals surface area contributed by atoms with E-state index >= 15 is 0 Å². The third-order valence-electron chi connectivity index (χ3n) is 5.07.